The summed E-state index contributed by atoms with van der Waals surface area (Å²) in [5.41, 5.74) is 5.14. The third-order valence-corrected chi connectivity index (χ3v) is 8.31. The Bertz CT molecular complexity index is 1380. The molecule has 1 saturated heterocycles. The standard InChI is InChI=1S/C22H25ClF2IN7O3S/c1-32-7-9-33(10-8-32)6-2-5-28-37(34,35)17-12-14(21-30-31-22(27)36-21)20(19(25)18(17)24)29-16-4-3-13(26)11-15(16)23/h3-4,11-12,28-29H,2,5-10H2,1H3,(H2,27,31). The van der Waals surface area contributed by atoms with E-state index in [1.165, 1.54) is 0 Å². The van der Waals surface area contributed by atoms with Gasteiger partial charge in [0.2, 0.25) is 10.0 Å². The first kappa shape index (κ1) is 27.9. The van der Waals surface area contributed by atoms with Gasteiger partial charge in [-0.2, -0.15) is 0 Å². The lowest BCUT2D eigenvalue weighted by atomic mass is 10.1. The molecule has 10 nitrogen and oxygen atoms in total. The van der Waals surface area contributed by atoms with Crippen molar-refractivity contribution in [2.24, 2.45) is 0 Å². The van der Waals surface area contributed by atoms with Crippen LogP contribution in [0.3, 0.4) is 0 Å². The number of nitrogen functional groups attached to an aromatic ring is 1. The van der Waals surface area contributed by atoms with E-state index in [1.54, 1.807) is 18.2 Å². The number of likely N-dealkylation sites (N-methyl/N-ethyl adjacent to an activating group) is 1. The van der Waals surface area contributed by atoms with Crippen molar-refractivity contribution in [1.29, 1.82) is 0 Å². The molecule has 4 rings (SSSR count). The third-order valence-electron chi connectivity index (χ3n) is 5.86. The van der Waals surface area contributed by atoms with Crippen LogP contribution in [0.25, 0.3) is 11.5 Å². The third kappa shape index (κ3) is 6.67. The van der Waals surface area contributed by atoms with Gasteiger partial charge < -0.3 is 25.3 Å². The number of anilines is 3. The molecular formula is C22H25ClF2IN7O3S. The number of hydrogen-bond acceptors (Lipinski definition) is 9. The highest BCUT2D eigenvalue weighted by Crippen LogP contribution is 2.38. The van der Waals surface area contributed by atoms with Crippen molar-refractivity contribution in [2.45, 2.75) is 11.3 Å². The summed E-state index contributed by atoms with van der Waals surface area (Å²) in [6.07, 6.45) is 0.505. The van der Waals surface area contributed by atoms with E-state index < -0.39 is 32.2 Å². The molecule has 37 heavy (non-hydrogen) atoms. The van der Waals surface area contributed by atoms with E-state index in [2.05, 4.69) is 52.6 Å². The Morgan fingerprint density at radius 1 is 1.16 bits per heavy atom. The highest BCUT2D eigenvalue weighted by Gasteiger charge is 2.29. The first-order valence-corrected chi connectivity index (χ1v) is 14.2. The number of halogens is 4. The molecule has 4 N–H and O–H groups in total. The molecule has 0 bridgehead atoms. The summed E-state index contributed by atoms with van der Waals surface area (Å²) < 4.78 is 64.9. The predicted octanol–water partition coefficient (Wildman–Crippen LogP) is 3.51. The molecule has 1 aliphatic rings. The van der Waals surface area contributed by atoms with Gasteiger partial charge in [-0.1, -0.05) is 16.7 Å². The van der Waals surface area contributed by atoms with Gasteiger partial charge in [0.25, 0.3) is 5.89 Å². The first-order valence-electron chi connectivity index (χ1n) is 11.3. The molecule has 2 heterocycles. The fraction of sp³-hybridized carbons (Fsp3) is 0.364. The van der Waals surface area contributed by atoms with Gasteiger partial charge in [0, 0.05) is 36.3 Å². The van der Waals surface area contributed by atoms with Gasteiger partial charge in [-0.05, 0) is 66.9 Å². The lowest BCUT2D eigenvalue weighted by Gasteiger charge is -2.32. The van der Waals surface area contributed by atoms with Gasteiger partial charge in [0.05, 0.1) is 22.0 Å². The maximum absolute atomic E-state index is 15.4. The van der Waals surface area contributed by atoms with Gasteiger partial charge in [-0.25, -0.2) is 21.9 Å². The number of sulfonamides is 1. The van der Waals surface area contributed by atoms with E-state index in [0.29, 0.717) is 13.0 Å². The van der Waals surface area contributed by atoms with Crippen molar-refractivity contribution in [3.8, 4) is 11.5 Å². The van der Waals surface area contributed by atoms with Crippen molar-refractivity contribution < 1.29 is 21.6 Å². The summed E-state index contributed by atoms with van der Waals surface area (Å²) in [4.78, 5) is 3.55. The molecule has 3 aromatic rings. The quantitative estimate of drug-likeness (QED) is 0.232. The molecular weight excluding hydrogens is 643 g/mol. The summed E-state index contributed by atoms with van der Waals surface area (Å²) in [6, 6.07) is 5.49. The molecule has 15 heteroatoms. The Morgan fingerprint density at radius 3 is 2.54 bits per heavy atom. The number of nitrogens with two attached hydrogens (primary N) is 1. The summed E-state index contributed by atoms with van der Waals surface area (Å²) in [5, 5.41) is 10.2. The highest BCUT2D eigenvalue weighted by atomic mass is 127. The average molecular weight is 668 g/mol. The van der Waals surface area contributed by atoms with Crippen molar-refractivity contribution in [1.82, 2.24) is 24.7 Å². The summed E-state index contributed by atoms with van der Waals surface area (Å²) in [5.74, 6) is -3.32. The van der Waals surface area contributed by atoms with Crippen LogP contribution in [-0.4, -0.2) is 74.7 Å². The molecule has 200 valence electrons. The number of piperazine rings is 1. The Kier molecular flexibility index (Phi) is 8.85. The lowest BCUT2D eigenvalue weighted by molar-refractivity contribution is 0.153. The Labute approximate surface area is 231 Å². The van der Waals surface area contributed by atoms with Crippen LogP contribution in [0.15, 0.2) is 33.6 Å². The van der Waals surface area contributed by atoms with Gasteiger partial charge >= 0.3 is 6.01 Å². The minimum absolute atomic E-state index is 0.0524. The lowest BCUT2D eigenvalue weighted by Crippen LogP contribution is -2.45. The van der Waals surface area contributed by atoms with Crippen molar-refractivity contribution in [3.05, 3.63) is 44.5 Å². The van der Waals surface area contributed by atoms with Gasteiger partial charge in [0.15, 0.2) is 11.6 Å². The van der Waals surface area contributed by atoms with Crippen molar-refractivity contribution in [2.75, 3.05) is 57.4 Å². The van der Waals surface area contributed by atoms with Gasteiger partial charge in [0.1, 0.15) is 4.90 Å². The zero-order valence-corrected chi connectivity index (χ0v) is 23.5. The van der Waals surface area contributed by atoms with Crippen LogP contribution in [0.5, 0.6) is 0 Å². The zero-order chi connectivity index (χ0) is 26.7. The van der Waals surface area contributed by atoms with E-state index in [-0.39, 0.29) is 34.7 Å². The van der Waals surface area contributed by atoms with Crippen LogP contribution in [-0.2, 0) is 10.0 Å². The molecule has 0 atom stereocenters. The molecule has 0 saturated carbocycles. The molecule has 0 spiro atoms. The van der Waals surface area contributed by atoms with Crippen LogP contribution in [0.4, 0.5) is 26.2 Å². The smallest absolute Gasteiger partial charge is 0.313 e. The molecule has 1 fully saturated rings. The highest BCUT2D eigenvalue weighted by molar-refractivity contribution is 14.1. The largest absolute Gasteiger partial charge is 0.403 e. The van der Waals surface area contributed by atoms with E-state index >= 15 is 8.78 Å². The molecule has 0 aliphatic carbocycles. The minimum Gasteiger partial charge on any atom is -0.403 e. The normalized spacial score (nSPS) is 15.3. The maximum Gasteiger partial charge on any atom is 0.313 e. The number of nitrogens with zero attached hydrogens (tertiary/aromatic N) is 4. The molecule has 0 unspecified atom stereocenters. The van der Waals surface area contributed by atoms with Crippen LogP contribution in [0.2, 0.25) is 5.02 Å². The fourth-order valence-corrected chi connectivity index (χ4v) is 5.89. The number of aromatic nitrogens is 2. The molecule has 1 aromatic heterocycles. The summed E-state index contributed by atoms with van der Waals surface area (Å²) in [7, 11) is -2.37. The minimum atomic E-state index is -4.42. The SMILES string of the molecule is CN1CCN(CCCNS(=O)(=O)c2cc(-c3nnc(N)o3)c(Nc3ccc(I)cc3Cl)c(F)c2F)CC1. The van der Waals surface area contributed by atoms with Gasteiger partial charge in [-0.3, -0.25) is 0 Å². The van der Waals surface area contributed by atoms with E-state index in [1.807, 2.05) is 7.05 Å². The Balaban J connectivity index is 1.61. The second-order valence-electron chi connectivity index (χ2n) is 8.52. The van der Waals surface area contributed by atoms with E-state index in [9.17, 15) is 8.42 Å². The number of benzene rings is 2. The second-order valence-corrected chi connectivity index (χ2v) is 11.9. The zero-order valence-electron chi connectivity index (χ0n) is 19.8. The Morgan fingerprint density at radius 2 is 1.89 bits per heavy atom. The summed E-state index contributed by atoms with van der Waals surface area (Å²) in [6.45, 7) is 4.38. The monoisotopic (exact) mass is 667 g/mol. The first-order chi connectivity index (χ1) is 17.5. The van der Waals surface area contributed by atoms with Crippen molar-refractivity contribution >= 4 is 61.6 Å². The molecule has 0 amide bonds. The Hall–Kier alpha value is -2.11. The number of hydrogen-bond donors (Lipinski definition) is 3. The molecule has 1 aliphatic heterocycles. The number of rotatable bonds is 9. The van der Waals surface area contributed by atoms with E-state index in [0.717, 1.165) is 35.8 Å². The van der Waals surface area contributed by atoms with Crippen LogP contribution < -0.4 is 15.8 Å². The topological polar surface area (TPSA) is 130 Å². The van der Waals surface area contributed by atoms with Crippen LogP contribution >= 0.6 is 34.2 Å². The summed E-state index contributed by atoms with van der Waals surface area (Å²) >= 11 is 8.30. The maximum atomic E-state index is 15.4. The van der Waals surface area contributed by atoms with Crippen LogP contribution in [0.1, 0.15) is 6.42 Å². The van der Waals surface area contributed by atoms with Gasteiger partial charge in [-0.15, -0.1) is 5.10 Å². The molecule has 2 aromatic carbocycles. The predicted molar refractivity (Wildman–Crippen MR) is 145 cm³/mol. The van der Waals surface area contributed by atoms with E-state index in [4.69, 9.17) is 21.8 Å². The fourth-order valence-electron chi connectivity index (χ4n) is 3.82. The average Bonchev–Trinajstić information content (AvgIpc) is 3.28. The molecule has 0 radical (unpaired) electrons. The van der Waals surface area contributed by atoms with Crippen LogP contribution in [0, 0.1) is 15.2 Å². The second kappa shape index (κ2) is 11.7. The van der Waals surface area contributed by atoms with Crippen molar-refractivity contribution in [3.63, 3.8) is 0 Å². The number of nitrogens with one attached hydrogen (secondary N) is 2.